The second-order valence-corrected chi connectivity index (χ2v) is 7.35. The summed E-state index contributed by atoms with van der Waals surface area (Å²) in [6.07, 6.45) is -1.77. The number of carboxylic acids is 1. The number of esters is 1. The maximum absolute atomic E-state index is 12.7. The van der Waals surface area contributed by atoms with E-state index < -0.39 is 24.2 Å². The van der Waals surface area contributed by atoms with Crippen molar-refractivity contribution in [2.45, 2.75) is 64.4 Å². The summed E-state index contributed by atoms with van der Waals surface area (Å²) in [6, 6.07) is 8.49. The van der Waals surface area contributed by atoms with E-state index in [9.17, 15) is 22.8 Å². The molecule has 1 heterocycles. The lowest BCUT2D eigenvalue weighted by Gasteiger charge is -2.36. The molecule has 0 saturated carbocycles. The van der Waals surface area contributed by atoms with Gasteiger partial charge in [0.15, 0.2) is 0 Å². The van der Waals surface area contributed by atoms with E-state index in [1.54, 1.807) is 4.90 Å². The van der Waals surface area contributed by atoms with E-state index >= 15 is 0 Å². The highest BCUT2D eigenvalue weighted by Crippen LogP contribution is 2.21. The van der Waals surface area contributed by atoms with E-state index in [1.807, 2.05) is 44.2 Å². The number of carbonyl (C=O) groups is 3. The van der Waals surface area contributed by atoms with Gasteiger partial charge in [-0.05, 0) is 30.7 Å². The van der Waals surface area contributed by atoms with E-state index in [1.165, 1.54) is 0 Å². The Kier molecular flexibility index (Phi) is 10.5. The predicted molar refractivity (Wildman–Crippen MR) is 107 cm³/mol. The van der Waals surface area contributed by atoms with Gasteiger partial charge >= 0.3 is 18.1 Å². The molecule has 2 rings (SSSR count). The van der Waals surface area contributed by atoms with Crippen molar-refractivity contribution in [1.82, 2.24) is 4.90 Å². The van der Waals surface area contributed by atoms with Gasteiger partial charge in [-0.3, -0.25) is 4.79 Å². The van der Waals surface area contributed by atoms with Crippen molar-refractivity contribution in [3.8, 4) is 0 Å². The Balaban J connectivity index is 0.000000592. The number of nitrogens with two attached hydrogens (primary N) is 1. The molecule has 0 aromatic heterocycles. The van der Waals surface area contributed by atoms with Gasteiger partial charge in [0.1, 0.15) is 12.6 Å². The Morgan fingerprint density at radius 1 is 1.23 bits per heavy atom. The number of nitrogens with zero attached hydrogens (tertiary/aromatic N) is 1. The third-order valence-corrected chi connectivity index (χ3v) is 5.07. The molecule has 3 atom stereocenters. The van der Waals surface area contributed by atoms with Crippen LogP contribution in [-0.2, 0) is 25.7 Å². The zero-order valence-electron chi connectivity index (χ0n) is 17.6. The van der Waals surface area contributed by atoms with Gasteiger partial charge in [-0.1, -0.05) is 50.6 Å². The maximum Gasteiger partial charge on any atom is 0.490 e. The topological polar surface area (TPSA) is 110 Å². The molecule has 10 heteroatoms. The summed E-state index contributed by atoms with van der Waals surface area (Å²) in [5.41, 5.74) is 7.03. The zero-order valence-corrected chi connectivity index (χ0v) is 17.6. The van der Waals surface area contributed by atoms with Crippen LogP contribution in [0.3, 0.4) is 0 Å². The molecule has 0 spiro atoms. The van der Waals surface area contributed by atoms with Gasteiger partial charge in [0.05, 0.1) is 6.04 Å². The zero-order chi connectivity index (χ0) is 23.6. The number of rotatable bonds is 6. The maximum atomic E-state index is 12.7. The quantitative estimate of drug-likeness (QED) is 0.650. The number of carbonyl (C=O) groups excluding carboxylic acids is 2. The minimum absolute atomic E-state index is 0.0976. The average molecular weight is 446 g/mol. The van der Waals surface area contributed by atoms with Crippen molar-refractivity contribution < 1.29 is 37.4 Å². The molecule has 1 aliphatic heterocycles. The Hall–Kier alpha value is -2.62. The fourth-order valence-corrected chi connectivity index (χ4v) is 2.95. The molecular weight excluding hydrogens is 417 g/mol. The van der Waals surface area contributed by atoms with Gasteiger partial charge in [-0.2, -0.15) is 13.2 Å². The van der Waals surface area contributed by atoms with Crippen LogP contribution in [0.25, 0.3) is 0 Å². The van der Waals surface area contributed by atoms with Crippen LogP contribution in [0.15, 0.2) is 30.3 Å². The first-order chi connectivity index (χ1) is 14.5. The number of aliphatic carboxylic acids is 1. The Labute approximate surface area is 179 Å². The van der Waals surface area contributed by atoms with Gasteiger partial charge in [-0.25, -0.2) is 9.59 Å². The van der Waals surface area contributed by atoms with Crippen molar-refractivity contribution in [2.24, 2.45) is 11.7 Å². The molecule has 174 valence electrons. The van der Waals surface area contributed by atoms with Crippen molar-refractivity contribution >= 4 is 17.8 Å². The largest absolute Gasteiger partial charge is 0.490 e. The van der Waals surface area contributed by atoms with E-state index in [0.717, 1.165) is 24.8 Å². The monoisotopic (exact) mass is 446 g/mol. The normalized spacial score (nSPS) is 18.3. The number of amides is 1. The standard InChI is InChI=1S/C19H28N2O3.C2HF3O2/c1-3-14(2)17(20)18(22)21-12-8-7-11-16(21)19(23)24-13-15-9-5-4-6-10-15;3-2(4,5)1(6)7/h4-6,9-10,14,16-17H,3,7-8,11-13,20H2,1-2H3;(H,6,7)/t14-,16-,17-;/m0./s1. The molecule has 0 bridgehead atoms. The minimum atomic E-state index is -5.08. The Bertz CT molecular complexity index is 727. The molecule has 1 saturated heterocycles. The first kappa shape index (κ1) is 26.4. The summed E-state index contributed by atoms with van der Waals surface area (Å²) in [5, 5.41) is 7.12. The molecule has 31 heavy (non-hydrogen) atoms. The Morgan fingerprint density at radius 3 is 2.32 bits per heavy atom. The van der Waals surface area contributed by atoms with Gasteiger partial charge < -0.3 is 20.5 Å². The highest BCUT2D eigenvalue weighted by atomic mass is 19.4. The van der Waals surface area contributed by atoms with Crippen molar-refractivity contribution in [3.63, 3.8) is 0 Å². The SMILES string of the molecule is CC[C@H](C)[C@H](N)C(=O)N1CCCC[C@H]1C(=O)OCc1ccccc1.O=C(O)C(F)(F)F. The summed E-state index contributed by atoms with van der Waals surface area (Å²) >= 11 is 0. The predicted octanol–water partition coefficient (Wildman–Crippen LogP) is 3.12. The lowest BCUT2D eigenvalue weighted by molar-refractivity contribution is -0.192. The summed E-state index contributed by atoms with van der Waals surface area (Å²) in [5.74, 6) is -3.12. The minimum Gasteiger partial charge on any atom is -0.475 e. The van der Waals surface area contributed by atoms with Crippen LogP contribution in [0.5, 0.6) is 0 Å². The number of benzene rings is 1. The van der Waals surface area contributed by atoms with Gasteiger partial charge in [-0.15, -0.1) is 0 Å². The average Bonchev–Trinajstić information content (AvgIpc) is 2.76. The first-order valence-electron chi connectivity index (χ1n) is 10.1. The molecule has 1 aromatic rings. The van der Waals surface area contributed by atoms with Crippen LogP contribution in [0.2, 0.25) is 0 Å². The molecule has 0 aliphatic carbocycles. The number of hydrogen-bond donors (Lipinski definition) is 2. The van der Waals surface area contributed by atoms with Crippen molar-refractivity contribution in [1.29, 1.82) is 0 Å². The number of carboxylic acid groups (broad SMARTS) is 1. The fraction of sp³-hybridized carbons (Fsp3) is 0.571. The number of likely N-dealkylation sites (tertiary alicyclic amines) is 1. The molecule has 0 radical (unpaired) electrons. The third-order valence-electron chi connectivity index (χ3n) is 5.07. The van der Waals surface area contributed by atoms with Crippen LogP contribution in [-0.4, -0.2) is 52.7 Å². The van der Waals surface area contributed by atoms with Crippen LogP contribution in [0, 0.1) is 5.92 Å². The highest BCUT2D eigenvalue weighted by molar-refractivity contribution is 5.88. The molecule has 7 nitrogen and oxygen atoms in total. The van der Waals surface area contributed by atoms with Gasteiger partial charge in [0.2, 0.25) is 5.91 Å². The lowest BCUT2D eigenvalue weighted by atomic mass is 9.95. The summed E-state index contributed by atoms with van der Waals surface area (Å²) < 4.78 is 37.2. The van der Waals surface area contributed by atoms with Crippen LogP contribution >= 0.6 is 0 Å². The molecule has 1 aliphatic rings. The number of ether oxygens (including phenoxy) is 1. The van der Waals surface area contributed by atoms with Crippen molar-refractivity contribution in [2.75, 3.05) is 6.54 Å². The number of piperidine rings is 1. The van der Waals surface area contributed by atoms with E-state index in [2.05, 4.69) is 0 Å². The van der Waals surface area contributed by atoms with Crippen LogP contribution < -0.4 is 5.73 Å². The second kappa shape index (κ2) is 12.3. The lowest BCUT2D eigenvalue weighted by Crippen LogP contribution is -2.55. The molecule has 1 fully saturated rings. The first-order valence-corrected chi connectivity index (χ1v) is 10.1. The van der Waals surface area contributed by atoms with Crippen molar-refractivity contribution in [3.05, 3.63) is 35.9 Å². The summed E-state index contributed by atoms with van der Waals surface area (Å²) in [4.78, 5) is 35.7. The molecule has 0 unspecified atom stereocenters. The second-order valence-electron chi connectivity index (χ2n) is 7.35. The number of alkyl halides is 3. The van der Waals surface area contributed by atoms with Gasteiger partial charge in [0, 0.05) is 6.54 Å². The fourth-order valence-electron chi connectivity index (χ4n) is 2.95. The van der Waals surface area contributed by atoms with Crippen LogP contribution in [0.4, 0.5) is 13.2 Å². The number of hydrogen-bond acceptors (Lipinski definition) is 5. The van der Waals surface area contributed by atoms with Gasteiger partial charge in [0.25, 0.3) is 0 Å². The van der Waals surface area contributed by atoms with E-state index in [0.29, 0.717) is 13.0 Å². The van der Waals surface area contributed by atoms with Crippen LogP contribution in [0.1, 0.15) is 45.1 Å². The molecule has 1 amide bonds. The highest BCUT2D eigenvalue weighted by Gasteiger charge is 2.38. The summed E-state index contributed by atoms with van der Waals surface area (Å²) in [7, 11) is 0. The third kappa shape index (κ3) is 8.56. The Morgan fingerprint density at radius 2 is 1.81 bits per heavy atom. The number of halogens is 3. The van der Waals surface area contributed by atoms with E-state index in [-0.39, 0.29) is 24.4 Å². The smallest absolute Gasteiger partial charge is 0.475 e. The molecular formula is C21H29F3N2O5. The molecule has 1 aromatic carbocycles. The summed E-state index contributed by atoms with van der Waals surface area (Å²) in [6.45, 7) is 4.79. The van der Waals surface area contributed by atoms with E-state index in [4.69, 9.17) is 20.4 Å². The molecule has 3 N–H and O–H groups in total.